The van der Waals surface area contributed by atoms with Crippen LogP contribution in [-0.4, -0.2) is 64.9 Å². The maximum atomic E-state index is 12.8. The molecule has 6 rings (SSSR count). The van der Waals surface area contributed by atoms with Crippen LogP contribution < -0.4 is 4.90 Å². The summed E-state index contributed by atoms with van der Waals surface area (Å²) < 4.78 is 34.0. The lowest BCUT2D eigenvalue weighted by atomic mass is 10.2. The average molecular weight is 457 g/mol. The van der Waals surface area contributed by atoms with Crippen molar-refractivity contribution >= 4 is 21.3 Å². The fourth-order valence-electron chi connectivity index (χ4n) is 4.92. The predicted molar refractivity (Wildman–Crippen MR) is 121 cm³/mol. The Kier molecular flexibility index (Phi) is 4.27. The van der Waals surface area contributed by atoms with Crippen molar-refractivity contribution in [1.82, 2.24) is 24.4 Å². The topological polar surface area (TPSA) is 94.6 Å². The van der Waals surface area contributed by atoms with Gasteiger partial charge in [0.15, 0.2) is 15.5 Å². The van der Waals surface area contributed by atoms with Crippen LogP contribution in [0.25, 0.3) is 16.9 Å². The minimum Gasteiger partial charge on any atom is -0.377 e. The van der Waals surface area contributed by atoms with E-state index in [0.29, 0.717) is 43.3 Å². The highest BCUT2D eigenvalue weighted by atomic mass is 32.2. The van der Waals surface area contributed by atoms with Gasteiger partial charge in [-0.05, 0) is 38.7 Å². The first-order valence-electron chi connectivity index (χ1n) is 11.3. The highest BCUT2D eigenvalue weighted by molar-refractivity contribution is 7.91. The second kappa shape index (κ2) is 6.77. The van der Waals surface area contributed by atoms with E-state index in [9.17, 15) is 8.42 Å². The van der Waals surface area contributed by atoms with Crippen LogP contribution in [0.2, 0.25) is 0 Å². The molecule has 0 N–H and O–H groups in total. The molecule has 3 aromatic heterocycles. The van der Waals surface area contributed by atoms with E-state index < -0.39 is 14.6 Å². The second-order valence-electron chi connectivity index (χ2n) is 9.53. The molecule has 2 aliphatic carbocycles. The zero-order valence-electron chi connectivity index (χ0n) is 18.7. The summed E-state index contributed by atoms with van der Waals surface area (Å²) >= 11 is 0. The summed E-state index contributed by atoms with van der Waals surface area (Å²) in [6.07, 6.45) is 6.71. The molecule has 0 amide bonds. The molecule has 0 aromatic carbocycles. The fourth-order valence-corrected chi connectivity index (χ4v) is 6.29. The number of morpholine rings is 1. The molecule has 3 aromatic rings. The number of aromatic nitrogens is 5. The van der Waals surface area contributed by atoms with E-state index in [4.69, 9.17) is 14.8 Å². The lowest BCUT2D eigenvalue weighted by Gasteiger charge is -2.34. The van der Waals surface area contributed by atoms with Gasteiger partial charge >= 0.3 is 0 Å². The van der Waals surface area contributed by atoms with E-state index in [2.05, 4.69) is 23.0 Å². The van der Waals surface area contributed by atoms with E-state index >= 15 is 0 Å². The molecule has 1 unspecified atom stereocenters. The number of hydrogen-bond donors (Lipinski definition) is 0. The van der Waals surface area contributed by atoms with Crippen LogP contribution in [0.15, 0.2) is 18.3 Å². The molecule has 2 saturated carbocycles. The van der Waals surface area contributed by atoms with Crippen LogP contribution >= 0.6 is 0 Å². The van der Waals surface area contributed by atoms with Crippen molar-refractivity contribution in [2.24, 2.45) is 7.05 Å². The Hall–Kier alpha value is -2.46. The highest BCUT2D eigenvalue weighted by Gasteiger charge is 2.56. The largest absolute Gasteiger partial charge is 0.377 e. The van der Waals surface area contributed by atoms with Gasteiger partial charge < -0.3 is 9.64 Å². The Bertz CT molecular complexity index is 1320. The maximum absolute atomic E-state index is 12.8. The molecule has 0 radical (unpaired) electrons. The third-order valence-electron chi connectivity index (χ3n) is 7.17. The number of aryl methyl sites for hydroxylation is 1. The quantitative estimate of drug-likeness (QED) is 0.581. The van der Waals surface area contributed by atoms with Crippen LogP contribution in [0, 0.1) is 0 Å². The molecule has 3 aliphatic rings. The number of fused-ring (bicyclic) bond motifs is 1. The highest BCUT2D eigenvalue weighted by Crippen LogP contribution is 2.53. The lowest BCUT2D eigenvalue weighted by molar-refractivity contribution is 0.0985. The summed E-state index contributed by atoms with van der Waals surface area (Å²) in [6.45, 7) is 4.07. The van der Waals surface area contributed by atoms with Crippen LogP contribution in [0.1, 0.15) is 49.9 Å². The zero-order chi connectivity index (χ0) is 22.3. The maximum Gasteiger partial charge on any atom is 0.167 e. The predicted octanol–water partition coefficient (Wildman–Crippen LogP) is 2.27. The second-order valence-corrected chi connectivity index (χ2v) is 11.9. The Balaban J connectivity index is 1.57. The Morgan fingerprint density at radius 3 is 2.66 bits per heavy atom. The Morgan fingerprint density at radius 1 is 1.22 bits per heavy atom. The van der Waals surface area contributed by atoms with Crippen molar-refractivity contribution in [3.8, 4) is 11.3 Å². The van der Waals surface area contributed by atoms with E-state index in [-0.39, 0.29) is 6.04 Å². The minimum absolute atomic E-state index is 0.157. The number of hydrogen-bond acceptors (Lipinski definition) is 7. The minimum atomic E-state index is -3.31. The third kappa shape index (κ3) is 2.99. The van der Waals surface area contributed by atoms with Crippen LogP contribution in [0.5, 0.6) is 0 Å². The van der Waals surface area contributed by atoms with Gasteiger partial charge in [-0.1, -0.05) is 0 Å². The SMILES string of the molecule is CC1COCCN1c1cc(C2(S(C)(=O)=O)CC2)n2ncc(-c3cc(C4CC4)nn3C)c2n1. The van der Waals surface area contributed by atoms with Crippen molar-refractivity contribution < 1.29 is 13.2 Å². The number of sulfone groups is 1. The van der Waals surface area contributed by atoms with Gasteiger partial charge in [0.1, 0.15) is 10.6 Å². The summed E-state index contributed by atoms with van der Waals surface area (Å²) in [5.74, 6) is 1.33. The summed E-state index contributed by atoms with van der Waals surface area (Å²) in [6, 6.07) is 4.21. The van der Waals surface area contributed by atoms with Gasteiger partial charge in [-0.2, -0.15) is 10.2 Å². The number of anilines is 1. The summed E-state index contributed by atoms with van der Waals surface area (Å²) in [5, 5.41) is 9.35. The van der Waals surface area contributed by atoms with Crippen LogP contribution in [0.3, 0.4) is 0 Å². The third-order valence-corrected chi connectivity index (χ3v) is 9.21. The number of rotatable bonds is 5. The van der Waals surface area contributed by atoms with Crippen molar-refractivity contribution in [2.45, 2.75) is 49.3 Å². The van der Waals surface area contributed by atoms with E-state index in [1.165, 1.54) is 19.1 Å². The molecule has 32 heavy (non-hydrogen) atoms. The smallest absolute Gasteiger partial charge is 0.167 e. The molecular weight excluding hydrogens is 428 g/mol. The monoisotopic (exact) mass is 456 g/mol. The number of nitrogens with zero attached hydrogens (tertiary/aromatic N) is 6. The Morgan fingerprint density at radius 2 is 2.00 bits per heavy atom. The molecule has 0 bridgehead atoms. The molecule has 170 valence electrons. The summed E-state index contributed by atoms with van der Waals surface area (Å²) in [4.78, 5) is 7.22. The molecule has 9 nitrogen and oxygen atoms in total. The van der Waals surface area contributed by atoms with Gasteiger partial charge in [0.25, 0.3) is 0 Å². The van der Waals surface area contributed by atoms with Gasteiger partial charge in [-0.25, -0.2) is 17.9 Å². The normalized spacial score (nSPS) is 23.1. The van der Waals surface area contributed by atoms with E-state index in [0.717, 1.165) is 29.3 Å². The molecule has 1 saturated heterocycles. The fraction of sp³-hybridized carbons (Fsp3) is 0.591. The molecule has 1 aliphatic heterocycles. The molecule has 4 heterocycles. The van der Waals surface area contributed by atoms with Gasteiger partial charge in [-0.15, -0.1) is 0 Å². The van der Waals surface area contributed by atoms with Crippen molar-refractivity contribution in [1.29, 1.82) is 0 Å². The lowest BCUT2D eigenvalue weighted by Crippen LogP contribution is -2.44. The standard InChI is InChI=1S/C22H28N6O3S/c1-14-13-31-9-8-27(14)20-11-19(22(6-7-22)32(3,29)30)28-21(24-20)16(12-23-28)18-10-17(15-4-5-15)25-26(18)2/h10-12,14-15H,4-9,13H2,1-3H3. The van der Waals surface area contributed by atoms with Crippen LogP contribution in [-0.2, 0) is 26.4 Å². The first-order chi connectivity index (χ1) is 15.3. The van der Waals surface area contributed by atoms with Gasteiger partial charge in [0.2, 0.25) is 0 Å². The number of ether oxygens (including phenoxy) is 1. The average Bonchev–Trinajstić information content (AvgIpc) is 3.66. The van der Waals surface area contributed by atoms with Crippen molar-refractivity contribution in [2.75, 3.05) is 30.9 Å². The summed E-state index contributed by atoms with van der Waals surface area (Å²) in [5.41, 5.74) is 4.32. The molecule has 3 fully saturated rings. The van der Waals surface area contributed by atoms with E-state index in [1.54, 1.807) is 10.7 Å². The van der Waals surface area contributed by atoms with Gasteiger partial charge in [0.05, 0.1) is 48.1 Å². The molecular formula is C22H28N6O3S. The van der Waals surface area contributed by atoms with Crippen molar-refractivity contribution in [3.63, 3.8) is 0 Å². The van der Waals surface area contributed by atoms with Crippen molar-refractivity contribution in [3.05, 3.63) is 29.7 Å². The summed E-state index contributed by atoms with van der Waals surface area (Å²) in [7, 11) is -1.37. The Labute approximate surface area is 187 Å². The first kappa shape index (κ1) is 20.2. The van der Waals surface area contributed by atoms with Gasteiger partial charge in [0, 0.05) is 31.8 Å². The molecule has 10 heteroatoms. The van der Waals surface area contributed by atoms with E-state index in [1.807, 2.05) is 17.8 Å². The van der Waals surface area contributed by atoms with Crippen LogP contribution in [0.4, 0.5) is 5.82 Å². The first-order valence-corrected chi connectivity index (χ1v) is 13.2. The zero-order valence-corrected chi connectivity index (χ0v) is 19.5. The molecule has 1 atom stereocenters. The molecule has 0 spiro atoms. The van der Waals surface area contributed by atoms with Gasteiger partial charge in [-0.3, -0.25) is 4.68 Å².